The van der Waals surface area contributed by atoms with Crippen molar-refractivity contribution in [1.29, 1.82) is 0 Å². The number of aromatic nitrogens is 1. The molecule has 3 rings (SSSR count). The molecular formula is C22H26FN3O5S3. The Morgan fingerprint density at radius 1 is 1.03 bits per heavy atom. The van der Waals surface area contributed by atoms with E-state index in [2.05, 4.69) is 4.98 Å². The number of carbonyl (C=O) groups is 1. The summed E-state index contributed by atoms with van der Waals surface area (Å²) in [6, 6.07) is 9.43. The second kappa shape index (κ2) is 10.5. The lowest BCUT2D eigenvalue weighted by Gasteiger charge is -2.22. The molecule has 1 heterocycles. The number of sulfone groups is 2. The predicted octanol–water partition coefficient (Wildman–Crippen LogP) is 2.99. The fourth-order valence-corrected chi connectivity index (χ4v) is 6.51. The Kier molecular flexibility index (Phi) is 8.06. The van der Waals surface area contributed by atoms with E-state index in [4.69, 9.17) is 0 Å². The third-order valence-electron chi connectivity index (χ3n) is 5.05. The van der Waals surface area contributed by atoms with Crippen molar-refractivity contribution in [3.8, 4) is 0 Å². The summed E-state index contributed by atoms with van der Waals surface area (Å²) in [6.07, 6.45) is 1.15. The first-order valence-electron chi connectivity index (χ1n) is 10.4. The molecular weight excluding hydrogens is 501 g/mol. The summed E-state index contributed by atoms with van der Waals surface area (Å²) < 4.78 is 63.0. The molecule has 0 radical (unpaired) electrons. The molecule has 0 bridgehead atoms. The maximum Gasteiger partial charge on any atom is 0.228 e. The van der Waals surface area contributed by atoms with Crippen molar-refractivity contribution in [1.82, 2.24) is 9.88 Å². The lowest BCUT2D eigenvalue weighted by Crippen LogP contribution is -2.36. The van der Waals surface area contributed by atoms with E-state index in [1.54, 1.807) is 12.1 Å². The van der Waals surface area contributed by atoms with Crippen molar-refractivity contribution < 1.29 is 26.0 Å². The van der Waals surface area contributed by atoms with Gasteiger partial charge in [0, 0.05) is 25.8 Å². The topological polar surface area (TPSA) is 105 Å². The van der Waals surface area contributed by atoms with E-state index in [1.165, 1.54) is 34.4 Å². The molecule has 8 nitrogen and oxygen atoms in total. The van der Waals surface area contributed by atoms with Crippen LogP contribution in [-0.4, -0.2) is 71.8 Å². The first-order valence-corrected chi connectivity index (χ1v) is 14.8. The highest BCUT2D eigenvalue weighted by atomic mass is 32.2. The fourth-order valence-electron chi connectivity index (χ4n) is 3.26. The Balaban J connectivity index is 1.81. The lowest BCUT2D eigenvalue weighted by molar-refractivity contribution is -0.118. The molecule has 0 atom stereocenters. The summed E-state index contributed by atoms with van der Waals surface area (Å²) in [6.45, 7) is 0.846. The maximum atomic E-state index is 13.1. The molecule has 1 aromatic heterocycles. The largest absolute Gasteiger partial charge is 0.308 e. The number of amides is 1. The number of likely N-dealkylation sites (N-methyl/N-ethyl adjacent to an activating group) is 1. The Labute approximate surface area is 202 Å². The summed E-state index contributed by atoms with van der Waals surface area (Å²) in [7, 11) is -3.44. The third-order valence-corrected chi connectivity index (χ3v) is 9.04. The zero-order chi connectivity index (χ0) is 25.1. The Morgan fingerprint density at radius 2 is 1.71 bits per heavy atom. The van der Waals surface area contributed by atoms with Crippen molar-refractivity contribution in [2.75, 3.05) is 44.1 Å². The van der Waals surface area contributed by atoms with Crippen LogP contribution >= 0.6 is 11.3 Å². The molecule has 34 heavy (non-hydrogen) atoms. The fraction of sp³-hybridized carbons (Fsp3) is 0.364. The van der Waals surface area contributed by atoms with Gasteiger partial charge in [-0.2, -0.15) is 0 Å². The van der Waals surface area contributed by atoms with Gasteiger partial charge >= 0.3 is 0 Å². The quantitative estimate of drug-likeness (QED) is 0.373. The summed E-state index contributed by atoms with van der Waals surface area (Å²) >= 11 is 1.21. The van der Waals surface area contributed by atoms with Crippen molar-refractivity contribution in [2.45, 2.75) is 22.6 Å². The molecule has 184 valence electrons. The van der Waals surface area contributed by atoms with Gasteiger partial charge in [-0.25, -0.2) is 26.2 Å². The SMILES string of the molecule is CN(C)CCN(C(=O)CCCS(=O)(=O)c1ccc(F)cc1)c1nc2c(S(C)(=O)=O)cccc2s1. The van der Waals surface area contributed by atoms with Gasteiger partial charge in [-0.1, -0.05) is 17.4 Å². The number of carbonyl (C=O) groups excluding carboxylic acids is 1. The summed E-state index contributed by atoms with van der Waals surface area (Å²) in [4.78, 5) is 21.0. The van der Waals surface area contributed by atoms with Gasteiger partial charge in [0.1, 0.15) is 11.3 Å². The van der Waals surface area contributed by atoms with Crippen molar-refractivity contribution in [3.63, 3.8) is 0 Å². The van der Waals surface area contributed by atoms with E-state index < -0.39 is 25.5 Å². The van der Waals surface area contributed by atoms with Crippen molar-refractivity contribution in [2.24, 2.45) is 0 Å². The smallest absolute Gasteiger partial charge is 0.228 e. The molecule has 0 aliphatic heterocycles. The van der Waals surface area contributed by atoms with Crippen LogP contribution in [0.3, 0.4) is 0 Å². The third kappa shape index (κ3) is 6.38. The zero-order valence-corrected chi connectivity index (χ0v) is 21.5. The number of rotatable bonds is 10. The monoisotopic (exact) mass is 527 g/mol. The van der Waals surface area contributed by atoms with Gasteiger partial charge in [0.2, 0.25) is 5.91 Å². The number of benzene rings is 2. The number of thiazole rings is 1. The van der Waals surface area contributed by atoms with Crippen LogP contribution in [0.5, 0.6) is 0 Å². The molecule has 1 amide bonds. The van der Waals surface area contributed by atoms with Gasteiger partial charge in [0.25, 0.3) is 0 Å². The zero-order valence-electron chi connectivity index (χ0n) is 19.1. The normalized spacial score (nSPS) is 12.4. The lowest BCUT2D eigenvalue weighted by atomic mass is 10.3. The highest BCUT2D eigenvalue weighted by Gasteiger charge is 2.23. The van der Waals surface area contributed by atoms with Gasteiger partial charge < -0.3 is 4.90 Å². The molecule has 0 saturated carbocycles. The van der Waals surface area contributed by atoms with E-state index in [0.29, 0.717) is 28.4 Å². The summed E-state index contributed by atoms with van der Waals surface area (Å²) in [5.41, 5.74) is 0.312. The van der Waals surface area contributed by atoms with Crippen LogP contribution in [0.15, 0.2) is 52.3 Å². The minimum absolute atomic E-state index is 0.00490. The molecule has 0 aliphatic rings. The molecule has 0 unspecified atom stereocenters. The molecule has 0 N–H and O–H groups in total. The van der Waals surface area contributed by atoms with Gasteiger partial charge in [-0.05, 0) is 56.9 Å². The predicted molar refractivity (Wildman–Crippen MR) is 131 cm³/mol. The molecule has 12 heteroatoms. The van der Waals surface area contributed by atoms with Crippen LogP contribution < -0.4 is 4.90 Å². The van der Waals surface area contributed by atoms with Gasteiger partial charge in [0.15, 0.2) is 24.8 Å². The van der Waals surface area contributed by atoms with Crippen LogP contribution in [0.1, 0.15) is 12.8 Å². The number of fused-ring (bicyclic) bond motifs is 1. The minimum Gasteiger partial charge on any atom is -0.308 e. The van der Waals surface area contributed by atoms with E-state index in [9.17, 15) is 26.0 Å². The molecule has 0 saturated heterocycles. The van der Waals surface area contributed by atoms with E-state index in [1.807, 2.05) is 19.0 Å². The van der Waals surface area contributed by atoms with E-state index >= 15 is 0 Å². The molecule has 0 fully saturated rings. The molecule has 0 aliphatic carbocycles. The number of hydrogen-bond donors (Lipinski definition) is 0. The summed E-state index contributed by atoms with van der Waals surface area (Å²) in [5.74, 6) is -1.10. The Bertz CT molecular complexity index is 1380. The summed E-state index contributed by atoms with van der Waals surface area (Å²) in [5, 5.41) is 0.361. The minimum atomic E-state index is -3.66. The first-order chi connectivity index (χ1) is 15.9. The second-order valence-corrected chi connectivity index (χ2v) is 13.2. The standard InChI is InChI=1S/C22H26FN3O5S3/c1-25(2)13-14-26(22-24-21-18(32-22)6-4-7-19(21)33(3,28)29)20(27)8-5-15-34(30,31)17-11-9-16(23)10-12-17/h4,6-7,9-12H,5,8,13-15H2,1-3H3. The van der Waals surface area contributed by atoms with Crippen molar-refractivity contribution in [3.05, 3.63) is 48.3 Å². The Morgan fingerprint density at radius 3 is 2.32 bits per heavy atom. The molecule has 2 aromatic carbocycles. The number of para-hydroxylation sites is 1. The van der Waals surface area contributed by atoms with Crippen molar-refractivity contribution >= 4 is 52.3 Å². The highest BCUT2D eigenvalue weighted by Crippen LogP contribution is 2.33. The van der Waals surface area contributed by atoms with Crippen LogP contribution in [-0.2, 0) is 24.5 Å². The number of nitrogens with zero attached hydrogens (tertiary/aromatic N) is 3. The number of halogens is 1. The van der Waals surface area contributed by atoms with Crippen LogP contribution in [0.2, 0.25) is 0 Å². The van der Waals surface area contributed by atoms with Gasteiger partial charge in [-0.15, -0.1) is 0 Å². The number of anilines is 1. The van der Waals surface area contributed by atoms with Gasteiger partial charge in [-0.3, -0.25) is 9.69 Å². The average molecular weight is 528 g/mol. The van der Waals surface area contributed by atoms with Crippen LogP contribution in [0, 0.1) is 5.82 Å². The number of hydrogen-bond acceptors (Lipinski definition) is 8. The van der Waals surface area contributed by atoms with Crippen LogP contribution in [0.25, 0.3) is 10.2 Å². The van der Waals surface area contributed by atoms with Gasteiger partial charge in [0.05, 0.1) is 20.2 Å². The highest BCUT2D eigenvalue weighted by molar-refractivity contribution is 7.91. The average Bonchev–Trinajstić information content (AvgIpc) is 3.16. The maximum absolute atomic E-state index is 13.1. The van der Waals surface area contributed by atoms with E-state index in [0.717, 1.165) is 18.4 Å². The second-order valence-electron chi connectivity index (χ2n) is 8.10. The molecule has 3 aromatic rings. The van der Waals surface area contributed by atoms with E-state index in [-0.39, 0.29) is 34.3 Å². The Hall–Kier alpha value is -2.41. The molecule has 0 spiro atoms. The van der Waals surface area contributed by atoms with Crippen LogP contribution in [0.4, 0.5) is 9.52 Å². The first kappa shape index (κ1) is 26.2.